The molecule has 1 aromatic carbocycles. The molecule has 0 spiro atoms. The van der Waals surface area contributed by atoms with Gasteiger partial charge in [0.05, 0.1) is 0 Å². The van der Waals surface area contributed by atoms with Crippen molar-refractivity contribution in [3.63, 3.8) is 0 Å². The number of aliphatic carboxylic acids is 1. The van der Waals surface area contributed by atoms with Crippen molar-refractivity contribution in [3.05, 3.63) is 34.3 Å². The SMILES string of the molecule is CC(Cc1ccc(Br)cc1)(NCC1CC1)C(=O)O. The van der Waals surface area contributed by atoms with Crippen LogP contribution in [0.2, 0.25) is 0 Å². The molecule has 0 saturated heterocycles. The Kier molecular flexibility index (Phi) is 4.07. The topological polar surface area (TPSA) is 49.3 Å². The van der Waals surface area contributed by atoms with Crippen molar-refractivity contribution >= 4 is 21.9 Å². The van der Waals surface area contributed by atoms with Crippen LogP contribution in [0.15, 0.2) is 28.7 Å². The lowest BCUT2D eigenvalue weighted by atomic mass is 9.92. The zero-order valence-corrected chi connectivity index (χ0v) is 12.0. The highest BCUT2D eigenvalue weighted by molar-refractivity contribution is 9.10. The second-order valence-corrected chi connectivity index (χ2v) is 6.18. The molecule has 2 rings (SSSR count). The van der Waals surface area contributed by atoms with Crippen LogP contribution in [-0.4, -0.2) is 23.2 Å². The normalized spacial score (nSPS) is 18.3. The Morgan fingerprint density at radius 2 is 2.06 bits per heavy atom. The largest absolute Gasteiger partial charge is 0.480 e. The molecule has 3 nitrogen and oxygen atoms in total. The van der Waals surface area contributed by atoms with Crippen LogP contribution >= 0.6 is 15.9 Å². The Balaban J connectivity index is 2.03. The van der Waals surface area contributed by atoms with Gasteiger partial charge in [-0.05, 0) is 49.9 Å². The van der Waals surface area contributed by atoms with E-state index in [-0.39, 0.29) is 0 Å². The maximum atomic E-state index is 11.5. The molecule has 1 atom stereocenters. The van der Waals surface area contributed by atoms with Gasteiger partial charge < -0.3 is 10.4 Å². The lowest BCUT2D eigenvalue weighted by molar-refractivity contribution is -0.144. The Hall–Kier alpha value is -0.870. The second-order valence-electron chi connectivity index (χ2n) is 5.26. The van der Waals surface area contributed by atoms with Crippen LogP contribution in [-0.2, 0) is 11.2 Å². The van der Waals surface area contributed by atoms with Crippen LogP contribution in [0.4, 0.5) is 0 Å². The van der Waals surface area contributed by atoms with E-state index in [1.54, 1.807) is 6.92 Å². The predicted molar refractivity (Wildman–Crippen MR) is 74.6 cm³/mol. The van der Waals surface area contributed by atoms with Crippen LogP contribution < -0.4 is 5.32 Å². The Morgan fingerprint density at radius 1 is 1.44 bits per heavy atom. The minimum absolute atomic E-state index is 0.502. The molecule has 1 unspecified atom stereocenters. The number of hydrogen-bond acceptors (Lipinski definition) is 2. The van der Waals surface area contributed by atoms with Gasteiger partial charge in [-0.1, -0.05) is 28.1 Å². The van der Waals surface area contributed by atoms with E-state index < -0.39 is 11.5 Å². The molecular weight excluding hydrogens is 294 g/mol. The molecule has 98 valence electrons. The number of carboxylic acid groups (broad SMARTS) is 1. The Bertz CT molecular complexity index is 428. The van der Waals surface area contributed by atoms with Gasteiger partial charge in [0.15, 0.2) is 0 Å². The summed E-state index contributed by atoms with van der Waals surface area (Å²) in [6, 6.07) is 7.81. The average Bonchev–Trinajstić information content (AvgIpc) is 3.13. The fraction of sp³-hybridized carbons (Fsp3) is 0.500. The highest BCUT2D eigenvalue weighted by Gasteiger charge is 2.34. The first-order chi connectivity index (χ1) is 8.49. The van der Waals surface area contributed by atoms with Crippen LogP contribution in [0.3, 0.4) is 0 Å². The van der Waals surface area contributed by atoms with Crippen molar-refractivity contribution in [2.24, 2.45) is 5.92 Å². The first-order valence-corrected chi connectivity index (χ1v) is 7.02. The summed E-state index contributed by atoms with van der Waals surface area (Å²) in [5.41, 5.74) is 0.155. The third kappa shape index (κ3) is 3.56. The molecule has 0 aromatic heterocycles. The monoisotopic (exact) mass is 311 g/mol. The third-order valence-electron chi connectivity index (χ3n) is 3.42. The van der Waals surface area contributed by atoms with E-state index in [0.717, 1.165) is 16.6 Å². The molecule has 0 amide bonds. The summed E-state index contributed by atoms with van der Waals surface area (Å²) >= 11 is 3.38. The second kappa shape index (κ2) is 5.41. The number of benzene rings is 1. The van der Waals surface area contributed by atoms with Crippen molar-refractivity contribution in [1.29, 1.82) is 0 Å². The maximum Gasteiger partial charge on any atom is 0.323 e. The zero-order valence-electron chi connectivity index (χ0n) is 10.4. The van der Waals surface area contributed by atoms with Crippen LogP contribution in [0.5, 0.6) is 0 Å². The zero-order chi connectivity index (χ0) is 13.2. The van der Waals surface area contributed by atoms with E-state index in [1.807, 2.05) is 24.3 Å². The number of nitrogens with one attached hydrogen (secondary N) is 1. The first-order valence-electron chi connectivity index (χ1n) is 6.22. The minimum Gasteiger partial charge on any atom is -0.480 e. The van der Waals surface area contributed by atoms with Crippen molar-refractivity contribution < 1.29 is 9.90 Å². The minimum atomic E-state index is -0.879. The summed E-state index contributed by atoms with van der Waals surface area (Å²) in [4.78, 5) is 11.5. The van der Waals surface area contributed by atoms with Gasteiger partial charge in [-0.2, -0.15) is 0 Å². The van der Waals surface area contributed by atoms with Crippen molar-refractivity contribution in [2.75, 3.05) is 6.54 Å². The molecule has 1 aromatic rings. The highest BCUT2D eigenvalue weighted by Crippen LogP contribution is 2.28. The van der Waals surface area contributed by atoms with Crippen LogP contribution in [0.25, 0.3) is 0 Å². The molecule has 0 heterocycles. The number of hydrogen-bond donors (Lipinski definition) is 2. The van der Waals surface area contributed by atoms with Gasteiger partial charge in [0.2, 0.25) is 0 Å². The average molecular weight is 312 g/mol. The summed E-state index contributed by atoms with van der Waals surface area (Å²) in [5.74, 6) is -0.111. The molecule has 1 aliphatic carbocycles. The summed E-state index contributed by atoms with van der Waals surface area (Å²) in [6.45, 7) is 2.57. The van der Waals surface area contributed by atoms with Gasteiger partial charge in [-0.25, -0.2) is 0 Å². The van der Waals surface area contributed by atoms with Gasteiger partial charge in [0.1, 0.15) is 5.54 Å². The van der Waals surface area contributed by atoms with Crippen molar-refractivity contribution in [1.82, 2.24) is 5.32 Å². The molecule has 4 heteroatoms. The Labute approximate surface area is 116 Å². The molecule has 1 fully saturated rings. The van der Waals surface area contributed by atoms with E-state index in [0.29, 0.717) is 12.3 Å². The molecule has 2 N–H and O–H groups in total. The molecule has 0 aliphatic heterocycles. The standard InChI is InChI=1S/C14H18BrNO2/c1-14(13(17)18,16-9-11-2-3-11)8-10-4-6-12(15)7-5-10/h4-7,11,16H,2-3,8-9H2,1H3,(H,17,18). The fourth-order valence-electron chi connectivity index (χ4n) is 1.92. The molecule has 1 saturated carbocycles. The molecular formula is C14H18BrNO2. The van der Waals surface area contributed by atoms with E-state index in [4.69, 9.17) is 0 Å². The predicted octanol–water partition coefficient (Wildman–Crippen LogP) is 2.83. The highest BCUT2D eigenvalue weighted by atomic mass is 79.9. The summed E-state index contributed by atoms with van der Waals surface area (Å²) in [6.07, 6.45) is 2.95. The van der Waals surface area contributed by atoms with Gasteiger partial charge in [0, 0.05) is 10.9 Å². The number of rotatable bonds is 6. The number of carbonyl (C=O) groups is 1. The maximum absolute atomic E-state index is 11.5. The first kappa shape index (κ1) is 13.6. The molecule has 0 bridgehead atoms. The quantitative estimate of drug-likeness (QED) is 0.849. The number of halogens is 1. The number of carboxylic acids is 1. The Morgan fingerprint density at radius 3 is 2.56 bits per heavy atom. The molecule has 0 radical (unpaired) electrons. The van der Waals surface area contributed by atoms with Crippen molar-refractivity contribution in [2.45, 2.75) is 31.7 Å². The van der Waals surface area contributed by atoms with E-state index in [9.17, 15) is 9.90 Å². The third-order valence-corrected chi connectivity index (χ3v) is 3.95. The summed E-state index contributed by atoms with van der Waals surface area (Å²) in [7, 11) is 0. The lowest BCUT2D eigenvalue weighted by Gasteiger charge is -2.26. The van der Waals surface area contributed by atoms with Crippen LogP contribution in [0.1, 0.15) is 25.3 Å². The van der Waals surface area contributed by atoms with E-state index in [1.165, 1.54) is 12.8 Å². The fourth-order valence-corrected chi connectivity index (χ4v) is 2.18. The van der Waals surface area contributed by atoms with Gasteiger partial charge in [-0.15, -0.1) is 0 Å². The van der Waals surface area contributed by atoms with Gasteiger partial charge in [0.25, 0.3) is 0 Å². The van der Waals surface area contributed by atoms with Gasteiger partial charge >= 0.3 is 5.97 Å². The van der Waals surface area contributed by atoms with Crippen molar-refractivity contribution in [3.8, 4) is 0 Å². The summed E-state index contributed by atoms with van der Waals surface area (Å²) < 4.78 is 1.01. The van der Waals surface area contributed by atoms with E-state index in [2.05, 4.69) is 21.2 Å². The lowest BCUT2D eigenvalue weighted by Crippen LogP contribution is -2.52. The van der Waals surface area contributed by atoms with E-state index >= 15 is 0 Å². The molecule has 1 aliphatic rings. The summed E-state index contributed by atoms with van der Waals surface area (Å²) in [5, 5.41) is 12.6. The van der Waals surface area contributed by atoms with Gasteiger partial charge in [-0.3, -0.25) is 4.79 Å². The molecule has 18 heavy (non-hydrogen) atoms. The van der Waals surface area contributed by atoms with Crippen LogP contribution in [0, 0.1) is 5.92 Å². The smallest absolute Gasteiger partial charge is 0.323 e.